The fourth-order valence-electron chi connectivity index (χ4n) is 0.593. The zero-order valence-electron chi connectivity index (χ0n) is 6.52. The molecule has 0 rings (SSSR count). The molecule has 54 valence electrons. The minimum absolute atomic E-state index is 0.206. The summed E-state index contributed by atoms with van der Waals surface area (Å²) in [6, 6.07) is 0. The Morgan fingerprint density at radius 1 is 1.56 bits per heavy atom. The van der Waals surface area contributed by atoms with Gasteiger partial charge in [0, 0.05) is 0 Å². The second-order valence-corrected chi connectivity index (χ2v) is 2.97. The highest BCUT2D eigenvalue weighted by atomic mass is 16.3. The Hall–Kier alpha value is -0.300. The molecule has 1 N–H and O–H groups in total. The van der Waals surface area contributed by atoms with Gasteiger partial charge in [-0.15, -0.1) is 6.58 Å². The van der Waals surface area contributed by atoms with Crippen LogP contribution < -0.4 is 0 Å². The highest BCUT2D eigenvalue weighted by Gasteiger charge is 2.07. The summed E-state index contributed by atoms with van der Waals surface area (Å²) in [6.45, 7) is 9.67. The minimum atomic E-state index is -0.206. The molecule has 0 heterocycles. The third kappa shape index (κ3) is 4.22. The quantitative estimate of drug-likeness (QED) is 0.576. The first-order valence-electron chi connectivity index (χ1n) is 3.36. The number of rotatable bonds is 3. The number of hydrogen-bond donors (Lipinski definition) is 1. The molecule has 1 heteroatoms. The molecule has 0 aromatic rings. The highest BCUT2D eigenvalue weighted by molar-refractivity contribution is 4.90. The van der Waals surface area contributed by atoms with E-state index < -0.39 is 0 Å². The van der Waals surface area contributed by atoms with E-state index in [-0.39, 0.29) is 6.10 Å². The van der Waals surface area contributed by atoms with Gasteiger partial charge in [0.25, 0.3) is 0 Å². The predicted molar refractivity (Wildman–Crippen MR) is 40.3 cm³/mol. The summed E-state index contributed by atoms with van der Waals surface area (Å²) in [7, 11) is 0. The topological polar surface area (TPSA) is 20.2 Å². The lowest BCUT2D eigenvalue weighted by atomic mass is 10.0. The van der Waals surface area contributed by atoms with Gasteiger partial charge in [-0.2, -0.15) is 0 Å². The van der Waals surface area contributed by atoms with Gasteiger partial charge in [-0.3, -0.25) is 0 Å². The summed E-state index contributed by atoms with van der Waals surface area (Å²) in [6.07, 6.45) is 0.528. The Kier molecular flexibility index (Phi) is 3.55. The fraction of sp³-hybridized carbons (Fsp3) is 0.750. The molecule has 0 fully saturated rings. The van der Waals surface area contributed by atoms with Crippen LogP contribution in [0.4, 0.5) is 0 Å². The zero-order chi connectivity index (χ0) is 7.44. The predicted octanol–water partition coefficient (Wildman–Crippen LogP) is 1.97. The summed E-state index contributed by atoms with van der Waals surface area (Å²) in [5.41, 5.74) is 1.05. The average Bonchev–Trinajstić information content (AvgIpc) is 1.63. The minimum Gasteiger partial charge on any atom is -0.393 e. The summed E-state index contributed by atoms with van der Waals surface area (Å²) in [4.78, 5) is 0. The van der Waals surface area contributed by atoms with Crippen LogP contribution in [0.1, 0.15) is 27.2 Å². The Labute approximate surface area is 57.4 Å². The van der Waals surface area contributed by atoms with Crippen molar-refractivity contribution in [3.05, 3.63) is 12.2 Å². The van der Waals surface area contributed by atoms with Crippen LogP contribution in [-0.2, 0) is 0 Å². The van der Waals surface area contributed by atoms with Gasteiger partial charge in [0.05, 0.1) is 6.10 Å². The van der Waals surface area contributed by atoms with Crippen molar-refractivity contribution in [3.63, 3.8) is 0 Å². The Morgan fingerprint density at radius 3 is 2.11 bits per heavy atom. The first kappa shape index (κ1) is 8.70. The Balaban J connectivity index is 3.50. The van der Waals surface area contributed by atoms with E-state index in [1.807, 2.05) is 20.8 Å². The third-order valence-electron chi connectivity index (χ3n) is 1.33. The largest absolute Gasteiger partial charge is 0.393 e. The molecular formula is C8H16O. The molecule has 0 aliphatic carbocycles. The van der Waals surface area contributed by atoms with Crippen molar-refractivity contribution < 1.29 is 5.11 Å². The third-order valence-corrected chi connectivity index (χ3v) is 1.33. The van der Waals surface area contributed by atoms with E-state index in [0.29, 0.717) is 5.92 Å². The summed E-state index contributed by atoms with van der Waals surface area (Å²) < 4.78 is 0. The molecule has 0 amide bonds. The maximum Gasteiger partial charge on any atom is 0.0599 e. The monoisotopic (exact) mass is 128 g/mol. The SMILES string of the molecule is C=C(C)C[C@@H](O)C(C)C. The van der Waals surface area contributed by atoms with Crippen LogP contribution in [0.15, 0.2) is 12.2 Å². The van der Waals surface area contributed by atoms with E-state index in [9.17, 15) is 5.11 Å². The van der Waals surface area contributed by atoms with E-state index in [0.717, 1.165) is 12.0 Å². The van der Waals surface area contributed by atoms with Crippen molar-refractivity contribution in [2.75, 3.05) is 0 Å². The van der Waals surface area contributed by atoms with Crippen molar-refractivity contribution in [2.45, 2.75) is 33.3 Å². The normalized spacial score (nSPS) is 13.9. The molecule has 0 bridgehead atoms. The molecule has 9 heavy (non-hydrogen) atoms. The summed E-state index contributed by atoms with van der Waals surface area (Å²) in [5.74, 6) is 0.349. The van der Waals surface area contributed by atoms with Crippen molar-refractivity contribution in [2.24, 2.45) is 5.92 Å². The molecule has 0 unspecified atom stereocenters. The Bertz CT molecular complexity index is 94.7. The lowest BCUT2D eigenvalue weighted by Gasteiger charge is -2.13. The Morgan fingerprint density at radius 2 is 2.00 bits per heavy atom. The van der Waals surface area contributed by atoms with Crippen molar-refractivity contribution >= 4 is 0 Å². The van der Waals surface area contributed by atoms with Crippen LogP contribution in [0.5, 0.6) is 0 Å². The molecule has 0 saturated heterocycles. The van der Waals surface area contributed by atoms with Gasteiger partial charge in [-0.05, 0) is 19.3 Å². The maximum absolute atomic E-state index is 9.24. The lowest BCUT2D eigenvalue weighted by Crippen LogP contribution is -2.14. The zero-order valence-corrected chi connectivity index (χ0v) is 6.52. The molecule has 1 atom stereocenters. The van der Waals surface area contributed by atoms with Crippen LogP contribution in [0, 0.1) is 5.92 Å². The van der Waals surface area contributed by atoms with Gasteiger partial charge in [0.1, 0.15) is 0 Å². The second kappa shape index (κ2) is 3.67. The van der Waals surface area contributed by atoms with Gasteiger partial charge in [0.15, 0.2) is 0 Å². The molecule has 0 aliphatic rings. The van der Waals surface area contributed by atoms with Crippen molar-refractivity contribution in [1.82, 2.24) is 0 Å². The maximum atomic E-state index is 9.24. The molecule has 0 aromatic heterocycles. The van der Waals surface area contributed by atoms with Crippen LogP contribution in [0.3, 0.4) is 0 Å². The van der Waals surface area contributed by atoms with Crippen LogP contribution in [0.25, 0.3) is 0 Å². The van der Waals surface area contributed by atoms with E-state index in [2.05, 4.69) is 6.58 Å². The molecule has 0 spiro atoms. The van der Waals surface area contributed by atoms with Gasteiger partial charge in [-0.25, -0.2) is 0 Å². The fourth-order valence-corrected chi connectivity index (χ4v) is 0.593. The number of hydrogen-bond acceptors (Lipinski definition) is 1. The molecule has 1 nitrogen and oxygen atoms in total. The number of aliphatic hydroxyl groups excluding tert-OH is 1. The van der Waals surface area contributed by atoms with E-state index in [4.69, 9.17) is 0 Å². The highest BCUT2D eigenvalue weighted by Crippen LogP contribution is 2.09. The first-order chi connectivity index (χ1) is 4.04. The molecule has 0 aromatic carbocycles. The standard InChI is InChI=1S/C8H16O/c1-6(2)5-8(9)7(3)4/h7-9H,1,5H2,2-4H3/t8-/m1/s1. The van der Waals surface area contributed by atoms with Crippen molar-refractivity contribution in [3.8, 4) is 0 Å². The van der Waals surface area contributed by atoms with E-state index in [1.165, 1.54) is 0 Å². The van der Waals surface area contributed by atoms with Gasteiger partial charge in [-0.1, -0.05) is 19.4 Å². The first-order valence-corrected chi connectivity index (χ1v) is 3.36. The van der Waals surface area contributed by atoms with Gasteiger partial charge < -0.3 is 5.11 Å². The van der Waals surface area contributed by atoms with E-state index in [1.54, 1.807) is 0 Å². The summed E-state index contributed by atoms with van der Waals surface area (Å²) >= 11 is 0. The second-order valence-electron chi connectivity index (χ2n) is 2.97. The lowest BCUT2D eigenvalue weighted by molar-refractivity contribution is 0.126. The summed E-state index contributed by atoms with van der Waals surface area (Å²) in [5, 5.41) is 9.24. The van der Waals surface area contributed by atoms with Crippen LogP contribution in [-0.4, -0.2) is 11.2 Å². The number of aliphatic hydroxyl groups is 1. The van der Waals surface area contributed by atoms with Crippen LogP contribution in [0.2, 0.25) is 0 Å². The van der Waals surface area contributed by atoms with Gasteiger partial charge >= 0.3 is 0 Å². The van der Waals surface area contributed by atoms with Crippen LogP contribution >= 0.6 is 0 Å². The molecular weight excluding hydrogens is 112 g/mol. The smallest absolute Gasteiger partial charge is 0.0599 e. The van der Waals surface area contributed by atoms with Crippen molar-refractivity contribution in [1.29, 1.82) is 0 Å². The molecule has 0 saturated carbocycles. The average molecular weight is 128 g/mol. The molecule has 0 radical (unpaired) electrons. The van der Waals surface area contributed by atoms with Gasteiger partial charge in [0.2, 0.25) is 0 Å². The molecule has 0 aliphatic heterocycles. The van der Waals surface area contributed by atoms with E-state index >= 15 is 0 Å².